The highest BCUT2D eigenvalue weighted by Crippen LogP contribution is 2.27. The van der Waals surface area contributed by atoms with Gasteiger partial charge in [0.2, 0.25) is 5.76 Å². The molecule has 1 aliphatic heterocycles. The van der Waals surface area contributed by atoms with E-state index in [0.717, 1.165) is 24.5 Å². The second-order valence-electron chi connectivity index (χ2n) is 5.62. The van der Waals surface area contributed by atoms with Gasteiger partial charge in [-0.15, -0.1) is 0 Å². The number of amides is 1. The van der Waals surface area contributed by atoms with E-state index >= 15 is 0 Å². The molecule has 25 heavy (non-hydrogen) atoms. The molecular formula is C18H17N3O4. The van der Waals surface area contributed by atoms with Gasteiger partial charge in [0.1, 0.15) is 0 Å². The molecule has 1 N–H and O–H groups in total. The van der Waals surface area contributed by atoms with Crippen molar-refractivity contribution in [3.63, 3.8) is 0 Å². The van der Waals surface area contributed by atoms with Crippen LogP contribution < -0.4 is 10.2 Å². The summed E-state index contributed by atoms with van der Waals surface area (Å²) in [4.78, 5) is 14.7. The van der Waals surface area contributed by atoms with Crippen LogP contribution in [0.2, 0.25) is 0 Å². The van der Waals surface area contributed by atoms with Gasteiger partial charge in [-0.3, -0.25) is 4.79 Å². The first-order chi connectivity index (χ1) is 12.3. The normalized spacial score (nSPS) is 14.5. The van der Waals surface area contributed by atoms with Gasteiger partial charge in [-0.05, 0) is 24.3 Å². The molecule has 0 unspecified atom stereocenters. The fourth-order valence-electron chi connectivity index (χ4n) is 2.76. The van der Waals surface area contributed by atoms with Crippen molar-refractivity contribution >= 4 is 17.3 Å². The van der Waals surface area contributed by atoms with Crippen LogP contribution in [0.5, 0.6) is 0 Å². The number of ether oxygens (including phenoxy) is 1. The van der Waals surface area contributed by atoms with Crippen LogP contribution in [0.4, 0.5) is 11.4 Å². The first-order valence-corrected chi connectivity index (χ1v) is 8.05. The number of aromatic nitrogens is 1. The van der Waals surface area contributed by atoms with Crippen LogP contribution in [0.25, 0.3) is 11.5 Å². The number of carbonyl (C=O) groups is 1. The van der Waals surface area contributed by atoms with E-state index in [1.165, 1.54) is 6.26 Å². The number of morpholine rings is 1. The molecule has 0 saturated carbocycles. The standard InChI is InChI=1S/C18H17N3O4/c22-18(14-12-17(25-20-14)16-6-3-9-24-16)19-13-4-1-2-5-15(13)21-7-10-23-11-8-21/h1-6,9,12H,7-8,10-11H2,(H,19,22). The SMILES string of the molecule is O=C(Nc1ccccc1N1CCOCC1)c1cc(-c2ccco2)on1. The van der Waals surface area contributed by atoms with E-state index in [0.29, 0.717) is 24.7 Å². The van der Waals surface area contributed by atoms with Gasteiger partial charge in [-0.2, -0.15) is 0 Å². The third kappa shape index (κ3) is 3.27. The highest BCUT2D eigenvalue weighted by atomic mass is 16.5. The lowest BCUT2D eigenvalue weighted by molar-refractivity contribution is 0.101. The number of hydrogen-bond acceptors (Lipinski definition) is 6. The topological polar surface area (TPSA) is 80.7 Å². The molecule has 1 aromatic carbocycles. The highest BCUT2D eigenvalue weighted by molar-refractivity contribution is 6.05. The minimum absolute atomic E-state index is 0.197. The zero-order valence-electron chi connectivity index (χ0n) is 13.5. The van der Waals surface area contributed by atoms with E-state index in [-0.39, 0.29) is 11.6 Å². The van der Waals surface area contributed by atoms with Crippen LogP contribution >= 0.6 is 0 Å². The van der Waals surface area contributed by atoms with Gasteiger partial charge in [-0.25, -0.2) is 0 Å². The monoisotopic (exact) mass is 339 g/mol. The first-order valence-electron chi connectivity index (χ1n) is 8.05. The summed E-state index contributed by atoms with van der Waals surface area (Å²) in [6.45, 7) is 2.94. The molecule has 3 aromatic rings. The molecule has 4 rings (SSSR count). The van der Waals surface area contributed by atoms with Crippen molar-refractivity contribution < 1.29 is 18.5 Å². The van der Waals surface area contributed by atoms with E-state index in [9.17, 15) is 4.79 Å². The van der Waals surface area contributed by atoms with Crippen molar-refractivity contribution in [3.05, 3.63) is 54.4 Å². The summed E-state index contributed by atoms with van der Waals surface area (Å²) in [5.74, 6) is 0.610. The molecule has 7 heteroatoms. The predicted octanol–water partition coefficient (Wildman–Crippen LogP) is 3.02. The van der Waals surface area contributed by atoms with Gasteiger partial charge in [0.05, 0.1) is 30.9 Å². The predicted molar refractivity (Wildman–Crippen MR) is 91.6 cm³/mol. The molecular weight excluding hydrogens is 322 g/mol. The second-order valence-corrected chi connectivity index (χ2v) is 5.62. The highest BCUT2D eigenvalue weighted by Gasteiger charge is 2.19. The number of carbonyl (C=O) groups excluding carboxylic acids is 1. The average Bonchev–Trinajstić information content (AvgIpc) is 3.34. The van der Waals surface area contributed by atoms with Crippen molar-refractivity contribution in [1.82, 2.24) is 5.16 Å². The smallest absolute Gasteiger partial charge is 0.277 e. The Morgan fingerprint density at radius 3 is 2.72 bits per heavy atom. The number of para-hydroxylation sites is 2. The largest absolute Gasteiger partial charge is 0.461 e. The average molecular weight is 339 g/mol. The Kier molecular flexibility index (Phi) is 4.22. The summed E-state index contributed by atoms with van der Waals surface area (Å²) in [6.07, 6.45) is 1.54. The summed E-state index contributed by atoms with van der Waals surface area (Å²) < 4.78 is 15.8. The number of benzene rings is 1. The summed E-state index contributed by atoms with van der Waals surface area (Å²) >= 11 is 0. The van der Waals surface area contributed by atoms with E-state index < -0.39 is 0 Å². The van der Waals surface area contributed by atoms with Crippen molar-refractivity contribution in [3.8, 4) is 11.5 Å². The van der Waals surface area contributed by atoms with Crippen molar-refractivity contribution in [2.75, 3.05) is 36.5 Å². The van der Waals surface area contributed by atoms with Gasteiger partial charge >= 0.3 is 0 Å². The Bertz CT molecular complexity index is 851. The minimum Gasteiger partial charge on any atom is -0.461 e. The summed E-state index contributed by atoms with van der Waals surface area (Å²) in [6, 6.07) is 12.7. The molecule has 0 bridgehead atoms. The van der Waals surface area contributed by atoms with E-state index in [2.05, 4.69) is 15.4 Å². The van der Waals surface area contributed by atoms with Crippen LogP contribution in [-0.4, -0.2) is 37.4 Å². The maximum Gasteiger partial charge on any atom is 0.277 e. The molecule has 2 aromatic heterocycles. The van der Waals surface area contributed by atoms with Crippen LogP contribution in [0.3, 0.4) is 0 Å². The molecule has 128 valence electrons. The van der Waals surface area contributed by atoms with E-state index in [4.69, 9.17) is 13.7 Å². The van der Waals surface area contributed by atoms with E-state index in [1.54, 1.807) is 18.2 Å². The molecule has 1 fully saturated rings. The lowest BCUT2D eigenvalue weighted by atomic mass is 10.2. The third-order valence-corrected chi connectivity index (χ3v) is 4.01. The molecule has 7 nitrogen and oxygen atoms in total. The zero-order chi connectivity index (χ0) is 17.1. The minimum atomic E-state index is -0.331. The quantitative estimate of drug-likeness (QED) is 0.787. The lowest BCUT2D eigenvalue weighted by Gasteiger charge is -2.30. The number of nitrogens with one attached hydrogen (secondary N) is 1. The Morgan fingerprint density at radius 2 is 1.92 bits per heavy atom. The van der Waals surface area contributed by atoms with Crippen LogP contribution in [0.1, 0.15) is 10.5 Å². The van der Waals surface area contributed by atoms with Gasteiger partial charge in [0.15, 0.2) is 11.5 Å². The molecule has 1 aliphatic rings. The van der Waals surface area contributed by atoms with Crippen molar-refractivity contribution in [2.24, 2.45) is 0 Å². The number of rotatable bonds is 4. The lowest BCUT2D eigenvalue weighted by Crippen LogP contribution is -2.36. The molecule has 0 radical (unpaired) electrons. The Balaban J connectivity index is 1.53. The first kappa shape index (κ1) is 15.5. The summed E-state index contributed by atoms with van der Waals surface area (Å²) in [5.41, 5.74) is 1.90. The molecule has 0 aliphatic carbocycles. The van der Waals surface area contributed by atoms with Gasteiger partial charge < -0.3 is 23.9 Å². The van der Waals surface area contributed by atoms with Crippen molar-refractivity contribution in [2.45, 2.75) is 0 Å². The van der Waals surface area contributed by atoms with Gasteiger partial charge in [-0.1, -0.05) is 17.3 Å². The molecule has 1 saturated heterocycles. The van der Waals surface area contributed by atoms with Crippen LogP contribution in [-0.2, 0) is 4.74 Å². The van der Waals surface area contributed by atoms with Crippen molar-refractivity contribution in [1.29, 1.82) is 0 Å². The number of nitrogens with zero attached hydrogens (tertiary/aromatic N) is 2. The molecule has 1 amide bonds. The number of furan rings is 1. The van der Waals surface area contributed by atoms with Gasteiger partial charge in [0.25, 0.3) is 5.91 Å². The zero-order valence-corrected chi connectivity index (χ0v) is 13.5. The van der Waals surface area contributed by atoms with Crippen LogP contribution in [0, 0.1) is 0 Å². The Morgan fingerprint density at radius 1 is 1.08 bits per heavy atom. The second kappa shape index (κ2) is 6.82. The number of anilines is 2. The Labute approximate surface area is 144 Å². The fraction of sp³-hybridized carbons (Fsp3) is 0.222. The third-order valence-electron chi connectivity index (χ3n) is 4.01. The molecule has 0 atom stereocenters. The summed E-state index contributed by atoms with van der Waals surface area (Å²) in [7, 11) is 0. The Hall–Kier alpha value is -3.06. The maximum absolute atomic E-state index is 12.5. The molecule has 0 spiro atoms. The van der Waals surface area contributed by atoms with E-state index in [1.807, 2.05) is 24.3 Å². The fourth-order valence-corrected chi connectivity index (χ4v) is 2.76. The van der Waals surface area contributed by atoms with Crippen LogP contribution in [0.15, 0.2) is 57.7 Å². The number of hydrogen-bond donors (Lipinski definition) is 1. The summed E-state index contributed by atoms with van der Waals surface area (Å²) in [5, 5.41) is 6.74. The maximum atomic E-state index is 12.5. The van der Waals surface area contributed by atoms with Gasteiger partial charge in [0, 0.05) is 19.2 Å². The molecule has 3 heterocycles.